The molecule has 1 N–H and O–H groups in total. The quantitative estimate of drug-likeness (QED) is 0.492. The second-order valence-electron chi connectivity index (χ2n) is 1.79. The molecule has 1 aliphatic heterocycles. The minimum absolute atomic E-state index is 0.0991. The van der Waals surface area contributed by atoms with E-state index in [-0.39, 0.29) is 6.10 Å². The van der Waals surface area contributed by atoms with Crippen molar-refractivity contribution in [2.75, 3.05) is 13.1 Å². The van der Waals surface area contributed by atoms with Crippen molar-refractivity contribution in [1.29, 1.82) is 0 Å². The van der Waals surface area contributed by atoms with Crippen LogP contribution in [0.3, 0.4) is 0 Å². The van der Waals surface area contributed by atoms with Crippen LogP contribution in [0.25, 0.3) is 0 Å². The molecule has 0 atom stereocenters. The number of aliphatic hydroxyl groups excluding tert-OH is 1. The van der Waals surface area contributed by atoms with Crippen LogP contribution in [0.15, 0.2) is 12.8 Å². The van der Waals surface area contributed by atoms with E-state index < -0.39 is 0 Å². The summed E-state index contributed by atoms with van der Waals surface area (Å²) in [5, 5.41) is 8.66. The highest BCUT2D eigenvalue weighted by atomic mass is 16.3. The Hall–Kier alpha value is -0.500. The molecule has 40 valence electrons. The van der Waals surface area contributed by atoms with Gasteiger partial charge < -0.3 is 10.0 Å². The molecule has 0 saturated carbocycles. The van der Waals surface area contributed by atoms with Crippen LogP contribution in [0.1, 0.15) is 0 Å². The Kier molecular flexibility index (Phi) is 1.02. The molecule has 0 aromatic heterocycles. The van der Waals surface area contributed by atoms with Crippen molar-refractivity contribution in [2.24, 2.45) is 0 Å². The van der Waals surface area contributed by atoms with Gasteiger partial charge in [0.05, 0.1) is 6.10 Å². The van der Waals surface area contributed by atoms with Gasteiger partial charge in [-0.15, -0.1) is 0 Å². The Morgan fingerprint density at radius 2 is 2.29 bits per heavy atom. The number of hydrogen-bond donors (Lipinski definition) is 1. The van der Waals surface area contributed by atoms with Gasteiger partial charge in [-0.05, 0) is 6.20 Å². The molecule has 0 aromatic carbocycles. The maximum atomic E-state index is 8.66. The molecular weight excluding hydrogens is 90.1 g/mol. The first kappa shape index (κ1) is 4.65. The van der Waals surface area contributed by atoms with Crippen molar-refractivity contribution in [1.82, 2.24) is 4.90 Å². The summed E-state index contributed by atoms with van der Waals surface area (Å²) in [5.41, 5.74) is 0. The first-order valence-corrected chi connectivity index (χ1v) is 2.37. The van der Waals surface area contributed by atoms with Gasteiger partial charge in [-0.3, -0.25) is 0 Å². The molecule has 1 rings (SSSR count). The van der Waals surface area contributed by atoms with Gasteiger partial charge in [0.1, 0.15) is 0 Å². The van der Waals surface area contributed by atoms with Crippen LogP contribution in [0.2, 0.25) is 0 Å². The smallest absolute Gasteiger partial charge is 0.0889 e. The van der Waals surface area contributed by atoms with E-state index in [4.69, 9.17) is 5.11 Å². The zero-order chi connectivity index (χ0) is 5.28. The van der Waals surface area contributed by atoms with E-state index in [1.165, 1.54) is 0 Å². The average Bonchev–Trinajstić information content (AvgIpc) is 1.58. The van der Waals surface area contributed by atoms with Gasteiger partial charge in [-0.25, -0.2) is 0 Å². The van der Waals surface area contributed by atoms with Crippen LogP contribution in [0.5, 0.6) is 0 Å². The van der Waals surface area contributed by atoms with Gasteiger partial charge >= 0.3 is 0 Å². The molecule has 1 fully saturated rings. The third-order valence-corrected chi connectivity index (χ3v) is 1.15. The summed E-state index contributed by atoms with van der Waals surface area (Å²) in [4.78, 5) is 1.96. The highest BCUT2D eigenvalue weighted by Gasteiger charge is 2.19. The molecule has 0 radical (unpaired) electrons. The van der Waals surface area contributed by atoms with E-state index >= 15 is 0 Å². The fourth-order valence-corrected chi connectivity index (χ4v) is 0.637. The molecule has 2 nitrogen and oxygen atoms in total. The normalized spacial score (nSPS) is 21.6. The minimum atomic E-state index is -0.0991. The minimum Gasteiger partial charge on any atom is -0.389 e. The molecular formula is C5H9NO. The van der Waals surface area contributed by atoms with Gasteiger partial charge in [-0.2, -0.15) is 0 Å². The standard InChI is InChI=1S/C5H9NO/c1-2-6-3-5(7)4-6/h2,5,7H,1,3-4H2. The lowest BCUT2D eigenvalue weighted by Gasteiger charge is -2.34. The van der Waals surface area contributed by atoms with Crippen LogP contribution < -0.4 is 0 Å². The van der Waals surface area contributed by atoms with Gasteiger partial charge in [0.15, 0.2) is 0 Å². The van der Waals surface area contributed by atoms with Crippen molar-refractivity contribution < 1.29 is 5.11 Å². The van der Waals surface area contributed by atoms with Crippen LogP contribution in [0, 0.1) is 0 Å². The van der Waals surface area contributed by atoms with Crippen LogP contribution in [0.4, 0.5) is 0 Å². The summed E-state index contributed by atoms with van der Waals surface area (Å²) in [5.74, 6) is 0. The number of β-amino-alcohol motifs (C(OH)–C–C–N with tert-alkyl or cyclic N) is 1. The van der Waals surface area contributed by atoms with Gasteiger partial charge in [0.25, 0.3) is 0 Å². The first-order valence-electron chi connectivity index (χ1n) is 2.37. The lowest BCUT2D eigenvalue weighted by atomic mass is 10.2. The fraction of sp³-hybridized carbons (Fsp3) is 0.600. The van der Waals surface area contributed by atoms with Crippen molar-refractivity contribution in [3.05, 3.63) is 12.8 Å². The zero-order valence-electron chi connectivity index (χ0n) is 4.17. The Morgan fingerprint density at radius 3 is 2.43 bits per heavy atom. The number of nitrogens with zero attached hydrogens (tertiary/aromatic N) is 1. The van der Waals surface area contributed by atoms with E-state index in [0.29, 0.717) is 0 Å². The fourth-order valence-electron chi connectivity index (χ4n) is 0.637. The summed E-state index contributed by atoms with van der Waals surface area (Å²) < 4.78 is 0. The predicted molar refractivity (Wildman–Crippen MR) is 27.8 cm³/mol. The molecule has 1 heterocycles. The zero-order valence-corrected chi connectivity index (χ0v) is 4.17. The van der Waals surface area contributed by atoms with Crippen LogP contribution >= 0.6 is 0 Å². The summed E-state index contributed by atoms with van der Waals surface area (Å²) >= 11 is 0. The van der Waals surface area contributed by atoms with E-state index in [1.807, 2.05) is 4.90 Å². The number of likely N-dealkylation sites (tertiary alicyclic amines) is 1. The number of hydrogen-bond acceptors (Lipinski definition) is 2. The monoisotopic (exact) mass is 99.1 g/mol. The molecule has 7 heavy (non-hydrogen) atoms. The summed E-state index contributed by atoms with van der Waals surface area (Å²) in [6.07, 6.45) is 1.64. The highest BCUT2D eigenvalue weighted by Crippen LogP contribution is 2.05. The number of aliphatic hydroxyl groups is 1. The third-order valence-electron chi connectivity index (χ3n) is 1.15. The highest BCUT2D eigenvalue weighted by molar-refractivity contribution is 4.85. The Morgan fingerprint density at radius 1 is 1.71 bits per heavy atom. The molecule has 1 saturated heterocycles. The lowest BCUT2D eigenvalue weighted by molar-refractivity contribution is 0.0334. The van der Waals surface area contributed by atoms with Crippen molar-refractivity contribution >= 4 is 0 Å². The Balaban J connectivity index is 2.17. The SMILES string of the molecule is C=CN1CC(O)C1. The topological polar surface area (TPSA) is 23.5 Å². The Bertz CT molecular complexity index is 76.1. The largest absolute Gasteiger partial charge is 0.389 e. The van der Waals surface area contributed by atoms with Gasteiger partial charge in [-0.1, -0.05) is 6.58 Å². The van der Waals surface area contributed by atoms with E-state index in [9.17, 15) is 0 Å². The number of rotatable bonds is 1. The summed E-state index contributed by atoms with van der Waals surface area (Å²) in [7, 11) is 0. The second kappa shape index (κ2) is 1.54. The third kappa shape index (κ3) is 0.747. The van der Waals surface area contributed by atoms with Crippen molar-refractivity contribution in [3.63, 3.8) is 0 Å². The maximum Gasteiger partial charge on any atom is 0.0889 e. The lowest BCUT2D eigenvalue weighted by Crippen LogP contribution is -2.46. The summed E-state index contributed by atoms with van der Waals surface area (Å²) in [6, 6.07) is 0. The van der Waals surface area contributed by atoms with E-state index in [1.54, 1.807) is 6.20 Å². The van der Waals surface area contributed by atoms with Crippen molar-refractivity contribution in [3.8, 4) is 0 Å². The summed E-state index contributed by atoms with van der Waals surface area (Å²) in [6.45, 7) is 5.07. The molecule has 2 heteroatoms. The van der Waals surface area contributed by atoms with Gasteiger partial charge in [0, 0.05) is 13.1 Å². The molecule has 0 aliphatic carbocycles. The Labute approximate surface area is 43.1 Å². The first-order chi connectivity index (χ1) is 3.33. The molecule has 1 aliphatic rings. The predicted octanol–water partition coefficient (Wildman–Crippen LogP) is -0.194. The van der Waals surface area contributed by atoms with Gasteiger partial charge in [0.2, 0.25) is 0 Å². The van der Waals surface area contributed by atoms with E-state index in [2.05, 4.69) is 6.58 Å². The average molecular weight is 99.1 g/mol. The molecule has 0 amide bonds. The molecule has 0 bridgehead atoms. The second-order valence-corrected chi connectivity index (χ2v) is 1.79. The maximum absolute atomic E-state index is 8.66. The molecule has 0 aromatic rings. The van der Waals surface area contributed by atoms with Crippen LogP contribution in [-0.4, -0.2) is 29.2 Å². The van der Waals surface area contributed by atoms with Crippen molar-refractivity contribution in [2.45, 2.75) is 6.10 Å². The van der Waals surface area contributed by atoms with E-state index in [0.717, 1.165) is 13.1 Å². The van der Waals surface area contributed by atoms with Crippen LogP contribution in [-0.2, 0) is 0 Å². The molecule has 0 spiro atoms. The molecule has 0 unspecified atom stereocenters.